The highest BCUT2D eigenvalue weighted by Crippen LogP contribution is 2.30. The summed E-state index contributed by atoms with van der Waals surface area (Å²) in [4.78, 5) is 16.3. The Morgan fingerprint density at radius 3 is 3.08 bits per heavy atom. The van der Waals surface area contributed by atoms with Crippen LogP contribution in [0.5, 0.6) is 0 Å². The number of thiophene rings is 1. The summed E-state index contributed by atoms with van der Waals surface area (Å²) in [5.41, 5.74) is 4.24. The smallest absolute Gasteiger partial charge is 0.252 e. The minimum atomic E-state index is 0.0635. The third kappa shape index (κ3) is 3.56. The van der Waals surface area contributed by atoms with Gasteiger partial charge in [-0.25, -0.2) is 0 Å². The molecule has 6 nitrogen and oxygen atoms in total. The van der Waals surface area contributed by atoms with Crippen LogP contribution >= 0.6 is 11.3 Å². The molecule has 2 aromatic rings. The highest BCUT2D eigenvalue weighted by molar-refractivity contribution is 7.10. The van der Waals surface area contributed by atoms with Crippen molar-refractivity contribution in [2.24, 2.45) is 5.92 Å². The van der Waals surface area contributed by atoms with Crippen molar-refractivity contribution in [1.29, 1.82) is 0 Å². The van der Waals surface area contributed by atoms with Crippen molar-refractivity contribution >= 4 is 17.2 Å². The lowest BCUT2D eigenvalue weighted by molar-refractivity contribution is 0.0943. The van der Waals surface area contributed by atoms with Gasteiger partial charge in [-0.3, -0.25) is 9.69 Å². The van der Waals surface area contributed by atoms with Gasteiger partial charge in [0.1, 0.15) is 5.76 Å². The van der Waals surface area contributed by atoms with Crippen LogP contribution in [-0.4, -0.2) is 42.3 Å². The number of fused-ring (bicyclic) bond motifs is 1. The summed E-state index contributed by atoms with van der Waals surface area (Å²) in [7, 11) is 0. The third-order valence-electron chi connectivity index (χ3n) is 5.41. The molecule has 2 aromatic heterocycles. The summed E-state index contributed by atoms with van der Waals surface area (Å²) in [6.45, 7) is 8.92. The van der Waals surface area contributed by atoms with Crippen LogP contribution in [0.1, 0.15) is 44.2 Å². The van der Waals surface area contributed by atoms with Crippen LogP contribution in [0.25, 0.3) is 0 Å². The standard InChI is InChI=1S/C19H25N3O3S/c1-12-16(13(2)25-21-12)8-22-5-3-15-17(11-26-18(15)9-22)19(23)20-7-14-4-6-24-10-14/h11,14H,3-10H2,1-2H3,(H,20,23)/t14-/m1/s1. The number of aryl methyl sites for hydroxylation is 2. The quantitative estimate of drug-likeness (QED) is 0.870. The molecular weight excluding hydrogens is 350 g/mol. The first-order chi connectivity index (χ1) is 12.6. The number of carbonyl (C=O) groups is 1. The molecule has 0 radical (unpaired) electrons. The summed E-state index contributed by atoms with van der Waals surface area (Å²) in [5, 5.41) is 9.16. The Hall–Kier alpha value is -1.70. The molecule has 4 heterocycles. The van der Waals surface area contributed by atoms with Crippen molar-refractivity contribution < 1.29 is 14.1 Å². The van der Waals surface area contributed by atoms with Gasteiger partial charge in [0.05, 0.1) is 17.9 Å². The van der Waals surface area contributed by atoms with E-state index in [1.165, 1.54) is 16.0 Å². The van der Waals surface area contributed by atoms with Gasteiger partial charge in [0, 0.05) is 54.5 Å². The van der Waals surface area contributed by atoms with E-state index in [1.807, 2.05) is 19.2 Å². The number of hydrogen-bond donors (Lipinski definition) is 1. The number of nitrogens with one attached hydrogen (secondary N) is 1. The van der Waals surface area contributed by atoms with Gasteiger partial charge in [0.15, 0.2) is 0 Å². The van der Waals surface area contributed by atoms with E-state index in [1.54, 1.807) is 11.3 Å². The first kappa shape index (κ1) is 17.7. The van der Waals surface area contributed by atoms with Gasteiger partial charge >= 0.3 is 0 Å². The highest BCUT2D eigenvalue weighted by Gasteiger charge is 2.25. The Kier molecular flexibility index (Phi) is 5.11. The molecule has 0 aliphatic carbocycles. The Morgan fingerprint density at radius 2 is 2.35 bits per heavy atom. The average Bonchev–Trinajstić information content (AvgIpc) is 3.36. The second-order valence-electron chi connectivity index (χ2n) is 7.25. The van der Waals surface area contributed by atoms with Crippen molar-refractivity contribution in [2.75, 3.05) is 26.3 Å². The van der Waals surface area contributed by atoms with Crippen LogP contribution in [0.3, 0.4) is 0 Å². The minimum Gasteiger partial charge on any atom is -0.381 e. The van der Waals surface area contributed by atoms with E-state index in [0.717, 1.165) is 62.7 Å². The monoisotopic (exact) mass is 375 g/mol. The molecule has 26 heavy (non-hydrogen) atoms. The molecule has 0 saturated carbocycles. The molecule has 1 N–H and O–H groups in total. The van der Waals surface area contributed by atoms with E-state index in [2.05, 4.69) is 15.4 Å². The predicted molar refractivity (Wildman–Crippen MR) is 99.4 cm³/mol. The summed E-state index contributed by atoms with van der Waals surface area (Å²) < 4.78 is 10.7. The molecule has 0 unspecified atom stereocenters. The van der Waals surface area contributed by atoms with E-state index in [9.17, 15) is 4.79 Å². The maximum absolute atomic E-state index is 12.6. The number of aromatic nitrogens is 1. The van der Waals surface area contributed by atoms with E-state index < -0.39 is 0 Å². The van der Waals surface area contributed by atoms with Gasteiger partial charge in [0.2, 0.25) is 0 Å². The van der Waals surface area contributed by atoms with Crippen LogP contribution in [0.4, 0.5) is 0 Å². The fourth-order valence-corrected chi connectivity index (χ4v) is 4.86. The Balaban J connectivity index is 1.39. The van der Waals surface area contributed by atoms with Gasteiger partial charge in [-0.1, -0.05) is 5.16 Å². The molecule has 1 fully saturated rings. The summed E-state index contributed by atoms with van der Waals surface area (Å²) >= 11 is 1.70. The summed E-state index contributed by atoms with van der Waals surface area (Å²) in [6.07, 6.45) is 1.95. The molecule has 1 amide bonds. The molecule has 1 atom stereocenters. The topological polar surface area (TPSA) is 67.6 Å². The van der Waals surface area contributed by atoms with Crippen molar-refractivity contribution in [1.82, 2.24) is 15.4 Å². The van der Waals surface area contributed by atoms with Crippen molar-refractivity contribution in [3.63, 3.8) is 0 Å². The van der Waals surface area contributed by atoms with Gasteiger partial charge in [-0.15, -0.1) is 11.3 Å². The Bertz CT molecular complexity index is 773. The highest BCUT2D eigenvalue weighted by atomic mass is 32.1. The van der Waals surface area contributed by atoms with Gasteiger partial charge in [-0.05, 0) is 32.3 Å². The number of rotatable bonds is 5. The molecular formula is C19H25N3O3S. The summed E-state index contributed by atoms with van der Waals surface area (Å²) in [6, 6.07) is 0. The Morgan fingerprint density at radius 1 is 1.46 bits per heavy atom. The number of nitrogens with zero attached hydrogens (tertiary/aromatic N) is 2. The van der Waals surface area contributed by atoms with E-state index in [0.29, 0.717) is 12.5 Å². The second-order valence-corrected chi connectivity index (χ2v) is 8.22. The predicted octanol–water partition coefficient (Wildman–Crippen LogP) is 2.68. The molecule has 2 aliphatic heterocycles. The molecule has 0 bridgehead atoms. The fraction of sp³-hybridized carbons (Fsp3) is 0.579. The van der Waals surface area contributed by atoms with E-state index in [-0.39, 0.29) is 5.91 Å². The number of amides is 1. The van der Waals surface area contributed by atoms with Gasteiger partial charge < -0.3 is 14.6 Å². The molecule has 7 heteroatoms. The van der Waals surface area contributed by atoms with Crippen molar-refractivity contribution in [2.45, 2.75) is 39.8 Å². The molecule has 140 valence electrons. The van der Waals surface area contributed by atoms with Gasteiger partial charge in [0.25, 0.3) is 5.91 Å². The minimum absolute atomic E-state index is 0.0635. The number of carbonyl (C=O) groups excluding carboxylic acids is 1. The average molecular weight is 375 g/mol. The van der Waals surface area contributed by atoms with E-state index >= 15 is 0 Å². The van der Waals surface area contributed by atoms with Gasteiger partial charge in [-0.2, -0.15) is 0 Å². The normalized spacial score (nSPS) is 20.3. The first-order valence-electron chi connectivity index (χ1n) is 9.21. The van der Waals surface area contributed by atoms with Crippen LogP contribution in [0, 0.1) is 19.8 Å². The van der Waals surface area contributed by atoms with Crippen molar-refractivity contribution in [3.8, 4) is 0 Å². The number of hydrogen-bond acceptors (Lipinski definition) is 6. The lowest BCUT2D eigenvalue weighted by Crippen LogP contribution is -2.32. The van der Waals surface area contributed by atoms with Crippen LogP contribution in [-0.2, 0) is 24.2 Å². The summed E-state index contributed by atoms with van der Waals surface area (Å²) in [5.74, 6) is 1.42. The SMILES string of the molecule is Cc1noc(C)c1CN1CCc2c(C(=O)NC[C@H]3CCOC3)csc2C1. The number of ether oxygens (including phenoxy) is 1. The molecule has 0 spiro atoms. The zero-order valence-corrected chi connectivity index (χ0v) is 16.2. The largest absolute Gasteiger partial charge is 0.381 e. The van der Waals surface area contributed by atoms with Crippen LogP contribution in [0.2, 0.25) is 0 Å². The first-order valence-corrected chi connectivity index (χ1v) is 10.1. The molecule has 0 aromatic carbocycles. The van der Waals surface area contributed by atoms with Crippen LogP contribution < -0.4 is 5.32 Å². The lowest BCUT2D eigenvalue weighted by Gasteiger charge is -2.27. The second kappa shape index (κ2) is 7.50. The molecule has 2 aliphatic rings. The fourth-order valence-electron chi connectivity index (χ4n) is 3.73. The lowest BCUT2D eigenvalue weighted by atomic mass is 10.0. The maximum atomic E-state index is 12.6. The third-order valence-corrected chi connectivity index (χ3v) is 6.42. The van der Waals surface area contributed by atoms with Crippen molar-refractivity contribution in [3.05, 3.63) is 38.4 Å². The molecule has 4 rings (SSSR count). The zero-order chi connectivity index (χ0) is 18.1. The van der Waals surface area contributed by atoms with Crippen LogP contribution in [0.15, 0.2) is 9.90 Å². The Labute approximate surface area is 157 Å². The maximum Gasteiger partial charge on any atom is 0.252 e. The zero-order valence-electron chi connectivity index (χ0n) is 15.3. The van der Waals surface area contributed by atoms with E-state index in [4.69, 9.17) is 9.26 Å². The molecule has 1 saturated heterocycles.